The maximum atomic E-state index is 6.28. The van der Waals surface area contributed by atoms with Gasteiger partial charge in [0.15, 0.2) is 11.0 Å². The molecule has 2 aliphatic rings. The summed E-state index contributed by atoms with van der Waals surface area (Å²) in [6.45, 7) is 0. The Hall–Kier alpha value is -4.38. The number of aromatic nitrogens is 2. The summed E-state index contributed by atoms with van der Waals surface area (Å²) in [5.74, 6) is 2.23. The van der Waals surface area contributed by atoms with Crippen molar-refractivity contribution >= 4 is 16.9 Å². The van der Waals surface area contributed by atoms with Crippen molar-refractivity contribution in [3.05, 3.63) is 120 Å². The van der Waals surface area contributed by atoms with E-state index in [0.29, 0.717) is 5.90 Å². The summed E-state index contributed by atoms with van der Waals surface area (Å²) in [4.78, 5) is 4.93. The van der Waals surface area contributed by atoms with Gasteiger partial charge >= 0.3 is 0 Å². The van der Waals surface area contributed by atoms with Gasteiger partial charge in [-0.1, -0.05) is 48.5 Å². The molecule has 35 heavy (non-hydrogen) atoms. The van der Waals surface area contributed by atoms with E-state index in [-0.39, 0.29) is 12.1 Å². The van der Waals surface area contributed by atoms with Crippen LogP contribution < -0.4 is 9.30 Å². The van der Waals surface area contributed by atoms with Crippen LogP contribution in [0.15, 0.2) is 108 Å². The van der Waals surface area contributed by atoms with E-state index in [1.54, 1.807) is 0 Å². The topological polar surface area (TPSA) is 39.6 Å². The Morgan fingerprint density at radius 3 is 2.63 bits per heavy atom. The normalized spacial score (nSPS) is 18.1. The molecule has 5 heteroatoms. The van der Waals surface area contributed by atoms with E-state index >= 15 is 0 Å². The van der Waals surface area contributed by atoms with Gasteiger partial charge in [-0.15, -0.1) is 0 Å². The SMILES string of the molecule is C[n+]1cn(-c2cccc(Oc3cccc(C4=N[C@@H]5c6ccccc6C[C@@H]5O4)c3)c2)c2ccccc21. The van der Waals surface area contributed by atoms with Gasteiger partial charge in [0, 0.05) is 18.1 Å². The summed E-state index contributed by atoms with van der Waals surface area (Å²) in [6, 6.07) is 33.1. The van der Waals surface area contributed by atoms with Crippen LogP contribution in [0.5, 0.6) is 11.5 Å². The molecule has 7 rings (SSSR count). The molecule has 0 unspecified atom stereocenters. The van der Waals surface area contributed by atoms with Gasteiger partial charge in [-0.05, 0) is 53.6 Å². The molecule has 2 heterocycles. The number of aryl methyl sites for hydroxylation is 1. The number of aliphatic imine (C=N–C) groups is 1. The molecule has 0 saturated carbocycles. The molecule has 1 aliphatic heterocycles. The Morgan fingerprint density at radius 1 is 0.886 bits per heavy atom. The first-order valence-corrected chi connectivity index (χ1v) is 11.9. The van der Waals surface area contributed by atoms with Gasteiger partial charge in [-0.3, -0.25) is 0 Å². The van der Waals surface area contributed by atoms with E-state index in [9.17, 15) is 0 Å². The summed E-state index contributed by atoms with van der Waals surface area (Å²) < 4.78 is 16.9. The van der Waals surface area contributed by atoms with Gasteiger partial charge in [0.25, 0.3) is 0 Å². The van der Waals surface area contributed by atoms with Crippen molar-refractivity contribution in [2.75, 3.05) is 0 Å². The molecule has 0 N–H and O–H groups in total. The average Bonchev–Trinajstić information content (AvgIpc) is 3.56. The van der Waals surface area contributed by atoms with Crippen LogP contribution in [0.1, 0.15) is 22.7 Å². The summed E-state index contributed by atoms with van der Waals surface area (Å²) in [6.07, 6.45) is 3.08. The second-order valence-electron chi connectivity index (χ2n) is 9.15. The molecule has 2 atom stereocenters. The number of benzene rings is 4. The first-order valence-electron chi connectivity index (χ1n) is 11.9. The Kier molecular flexibility index (Phi) is 4.49. The summed E-state index contributed by atoms with van der Waals surface area (Å²) in [5.41, 5.74) is 6.93. The van der Waals surface area contributed by atoms with Crippen LogP contribution in [0.25, 0.3) is 16.7 Å². The fraction of sp³-hybridized carbons (Fsp3) is 0.133. The molecule has 0 fully saturated rings. The highest BCUT2D eigenvalue weighted by molar-refractivity contribution is 5.96. The van der Waals surface area contributed by atoms with E-state index in [1.165, 1.54) is 16.6 Å². The van der Waals surface area contributed by atoms with Crippen LogP contribution >= 0.6 is 0 Å². The number of fused-ring (bicyclic) bond motifs is 4. The van der Waals surface area contributed by atoms with Crippen molar-refractivity contribution in [3.8, 4) is 17.2 Å². The first kappa shape index (κ1) is 20.0. The number of imidazole rings is 1. The smallest absolute Gasteiger partial charge is 0.249 e. The zero-order valence-corrected chi connectivity index (χ0v) is 19.3. The average molecular weight is 459 g/mol. The van der Waals surface area contributed by atoms with Gasteiger partial charge < -0.3 is 9.47 Å². The van der Waals surface area contributed by atoms with Crippen molar-refractivity contribution in [1.29, 1.82) is 0 Å². The molecule has 0 saturated heterocycles. The van der Waals surface area contributed by atoms with E-state index in [2.05, 4.69) is 83.2 Å². The second-order valence-corrected chi connectivity index (χ2v) is 9.15. The third-order valence-electron chi connectivity index (χ3n) is 6.89. The summed E-state index contributed by atoms with van der Waals surface area (Å²) in [5, 5.41) is 0. The van der Waals surface area contributed by atoms with E-state index in [4.69, 9.17) is 14.5 Å². The van der Waals surface area contributed by atoms with Crippen molar-refractivity contribution < 1.29 is 14.0 Å². The minimum Gasteiger partial charge on any atom is -0.471 e. The molecule has 0 radical (unpaired) electrons. The predicted octanol–water partition coefficient (Wildman–Crippen LogP) is 5.69. The highest BCUT2D eigenvalue weighted by atomic mass is 16.5. The lowest BCUT2D eigenvalue weighted by Gasteiger charge is -2.11. The Bertz CT molecular complexity index is 1620. The van der Waals surface area contributed by atoms with Gasteiger partial charge in [0.05, 0.1) is 7.05 Å². The number of nitrogens with zero attached hydrogens (tertiary/aromatic N) is 3. The van der Waals surface area contributed by atoms with Crippen LogP contribution in [0, 0.1) is 0 Å². The largest absolute Gasteiger partial charge is 0.471 e. The van der Waals surface area contributed by atoms with E-state index < -0.39 is 0 Å². The zero-order valence-electron chi connectivity index (χ0n) is 19.3. The highest BCUT2D eigenvalue weighted by Crippen LogP contribution is 2.41. The molecule has 170 valence electrons. The minimum atomic E-state index is 0.0835. The standard InChI is InChI=1S/C30H24N3O2/c1-32-19-33(27-15-5-4-14-26(27)32)22-10-7-12-24(18-22)34-23-11-6-9-21(16-23)30-31-29-25-13-3-2-8-20(25)17-28(29)35-30/h2-16,18-19,28-29H,17H2,1H3/q+1/t28-,29+/m0/s1. The highest BCUT2D eigenvalue weighted by Gasteiger charge is 2.39. The van der Waals surface area contributed by atoms with E-state index in [1.807, 2.05) is 36.4 Å². The van der Waals surface area contributed by atoms with Crippen molar-refractivity contribution in [1.82, 2.24) is 4.57 Å². The monoisotopic (exact) mass is 458 g/mol. The van der Waals surface area contributed by atoms with Crippen LogP contribution in [0.2, 0.25) is 0 Å². The fourth-order valence-corrected chi connectivity index (χ4v) is 5.23. The zero-order chi connectivity index (χ0) is 23.4. The quantitative estimate of drug-likeness (QED) is 0.325. The lowest BCUT2D eigenvalue weighted by atomic mass is 10.1. The lowest BCUT2D eigenvalue weighted by molar-refractivity contribution is -0.645. The third kappa shape index (κ3) is 3.39. The van der Waals surface area contributed by atoms with Gasteiger partial charge in [-0.25, -0.2) is 9.56 Å². The molecule has 1 aliphatic carbocycles. The van der Waals surface area contributed by atoms with Gasteiger partial charge in [-0.2, -0.15) is 4.57 Å². The second kappa shape index (κ2) is 7.84. The molecular weight excluding hydrogens is 434 g/mol. The Morgan fingerprint density at radius 2 is 1.69 bits per heavy atom. The van der Waals surface area contributed by atoms with Crippen LogP contribution in [0.3, 0.4) is 0 Å². The van der Waals surface area contributed by atoms with Crippen LogP contribution in [-0.2, 0) is 18.2 Å². The van der Waals surface area contributed by atoms with Gasteiger partial charge in [0.1, 0.15) is 29.3 Å². The number of hydrogen-bond acceptors (Lipinski definition) is 3. The predicted molar refractivity (Wildman–Crippen MR) is 135 cm³/mol. The van der Waals surface area contributed by atoms with E-state index in [0.717, 1.165) is 34.7 Å². The molecule has 0 amide bonds. The van der Waals surface area contributed by atoms with Crippen molar-refractivity contribution in [3.63, 3.8) is 0 Å². The van der Waals surface area contributed by atoms with Crippen LogP contribution in [-0.4, -0.2) is 16.6 Å². The van der Waals surface area contributed by atoms with Crippen LogP contribution in [0.4, 0.5) is 0 Å². The molecule has 1 aromatic heterocycles. The number of para-hydroxylation sites is 2. The number of hydrogen-bond donors (Lipinski definition) is 0. The molecule has 4 aromatic carbocycles. The fourth-order valence-electron chi connectivity index (χ4n) is 5.23. The van der Waals surface area contributed by atoms with Crippen molar-refractivity contribution in [2.24, 2.45) is 12.0 Å². The number of ether oxygens (including phenoxy) is 2. The summed E-state index contributed by atoms with van der Waals surface area (Å²) >= 11 is 0. The molecule has 0 bridgehead atoms. The Labute approximate surface area is 203 Å². The minimum absolute atomic E-state index is 0.0835. The Balaban J connectivity index is 1.17. The molecule has 5 aromatic rings. The maximum Gasteiger partial charge on any atom is 0.249 e. The van der Waals surface area contributed by atoms with Gasteiger partial charge in [0.2, 0.25) is 12.2 Å². The molecular formula is C30H24N3O2+. The lowest BCUT2D eigenvalue weighted by Crippen LogP contribution is -2.25. The molecule has 0 spiro atoms. The van der Waals surface area contributed by atoms with Crippen molar-refractivity contribution in [2.45, 2.75) is 18.6 Å². The first-order chi connectivity index (χ1) is 17.2. The summed E-state index contributed by atoms with van der Waals surface area (Å²) in [7, 11) is 2.06. The third-order valence-corrected chi connectivity index (χ3v) is 6.89. The maximum absolute atomic E-state index is 6.28. The molecule has 5 nitrogen and oxygen atoms in total. The number of rotatable bonds is 4.